The van der Waals surface area contributed by atoms with Gasteiger partial charge in [0.25, 0.3) is 5.91 Å². The van der Waals surface area contributed by atoms with Crippen molar-refractivity contribution in [1.82, 2.24) is 10.2 Å². The number of rotatable bonds is 9. The molecule has 3 aromatic rings. The summed E-state index contributed by atoms with van der Waals surface area (Å²) < 4.78 is 0. The second-order valence-corrected chi connectivity index (χ2v) is 7.24. The zero-order chi connectivity index (χ0) is 22.1. The maximum Gasteiger partial charge on any atom is 0.253 e. The topological polar surface area (TPSA) is 61.4 Å². The molecule has 160 valence electrons. The Morgan fingerprint density at radius 1 is 0.774 bits per heavy atom. The van der Waals surface area contributed by atoms with Crippen LogP contribution in [0, 0.1) is 0 Å². The number of nitrogens with zero attached hydrogens (tertiary/aromatic N) is 1. The second-order valence-electron chi connectivity index (χ2n) is 7.24. The highest BCUT2D eigenvalue weighted by molar-refractivity contribution is 5.96. The molecule has 0 aliphatic rings. The van der Waals surface area contributed by atoms with Crippen molar-refractivity contribution in [1.29, 1.82) is 0 Å². The van der Waals surface area contributed by atoms with Gasteiger partial charge in [-0.15, -0.1) is 0 Å². The molecule has 0 aliphatic heterocycles. The van der Waals surface area contributed by atoms with Crippen molar-refractivity contribution < 1.29 is 9.59 Å². The van der Waals surface area contributed by atoms with Crippen LogP contribution in [0.3, 0.4) is 0 Å². The van der Waals surface area contributed by atoms with E-state index >= 15 is 0 Å². The highest BCUT2D eigenvalue weighted by Crippen LogP contribution is 2.21. The van der Waals surface area contributed by atoms with Crippen LogP contribution in [-0.2, 0) is 4.79 Å². The van der Waals surface area contributed by atoms with Gasteiger partial charge in [0.05, 0.1) is 12.6 Å². The molecule has 2 N–H and O–H groups in total. The fraction of sp³-hybridized carbons (Fsp3) is 0.231. The Morgan fingerprint density at radius 3 is 1.77 bits per heavy atom. The average molecular weight is 416 g/mol. The fourth-order valence-corrected chi connectivity index (χ4v) is 3.51. The SMILES string of the molecule is CCN(CC)C(=O)c1ccc(NC(=O)CNC(c2ccccc2)c2ccccc2)cc1. The van der Waals surface area contributed by atoms with E-state index in [0.29, 0.717) is 24.3 Å². The molecule has 0 aliphatic carbocycles. The molecule has 0 saturated heterocycles. The van der Waals surface area contributed by atoms with Gasteiger partial charge in [0.2, 0.25) is 5.91 Å². The molecule has 0 fully saturated rings. The summed E-state index contributed by atoms with van der Waals surface area (Å²) in [5.74, 6) is -0.141. The predicted octanol–water partition coefficient (Wildman–Crippen LogP) is 4.49. The summed E-state index contributed by atoms with van der Waals surface area (Å²) in [5.41, 5.74) is 3.48. The number of carbonyl (C=O) groups is 2. The molecule has 3 rings (SSSR count). The first-order chi connectivity index (χ1) is 15.1. The molecule has 0 heterocycles. The van der Waals surface area contributed by atoms with E-state index in [-0.39, 0.29) is 24.4 Å². The molecule has 5 heteroatoms. The third kappa shape index (κ3) is 6.03. The quantitative estimate of drug-likeness (QED) is 0.541. The molecule has 0 bridgehead atoms. The summed E-state index contributed by atoms with van der Waals surface area (Å²) in [6.45, 7) is 5.42. The zero-order valence-corrected chi connectivity index (χ0v) is 18.0. The summed E-state index contributed by atoms with van der Waals surface area (Å²) in [4.78, 5) is 26.7. The van der Waals surface area contributed by atoms with Gasteiger partial charge in [-0.25, -0.2) is 0 Å². The monoisotopic (exact) mass is 415 g/mol. The number of amides is 2. The van der Waals surface area contributed by atoms with Crippen LogP contribution in [0.2, 0.25) is 0 Å². The van der Waals surface area contributed by atoms with Gasteiger partial charge in [-0.05, 0) is 49.2 Å². The van der Waals surface area contributed by atoms with Gasteiger partial charge in [0.1, 0.15) is 0 Å². The third-order valence-corrected chi connectivity index (χ3v) is 5.20. The van der Waals surface area contributed by atoms with E-state index in [9.17, 15) is 9.59 Å². The molecular weight excluding hydrogens is 386 g/mol. The van der Waals surface area contributed by atoms with Crippen molar-refractivity contribution in [2.24, 2.45) is 0 Å². The van der Waals surface area contributed by atoms with Crippen molar-refractivity contribution in [2.45, 2.75) is 19.9 Å². The van der Waals surface area contributed by atoms with Gasteiger partial charge in [0, 0.05) is 24.3 Å². The predicted molar refractivity (Wildman–Crippen MR) is 125 cm³/mol. The molecule has 31 heavy (non-hydrogen) atoms. The van der Waals surface area contributed by atoms with Crippen LogP contribution in [0.4, 0.5) is 5.69 Å². The Bertz CT molecular complexity index is 929. The summed E-state index contributed by atoms with van der Waals surface area (Å²) in [6.07, 6.45) is 0. The first-order valence-corrected chi connectivity index (χ1v) is 10.6. The highest BCUT2D eigenvalue weighted by atomic mass is 16.2. The normalized spacial score (nSPS) is 10.7. The molecule has 2 amide bonds. The van der Waals surface area contributed by atoms with Crippen LogP contribution < -0.4 is 10.6 Å². The van der Waals surface area contributed by atoms with E-state index in [2.05, 4.69) is 10.6 Å². The average Bonchev–Trinajstić information content (AvgIpc) is 2.82. The lowest BCUT2D eigenvalue weighted by atomic mass is 9.99. The lowest BCUT2D eigenvalue weighted by Crippen LogP contribution is -2.32. The van der Waals surface area contributed by atoms with Gasteiger partial charge in [-0.2, -0.15) is 0 Å². The van der Waals surface area contributed by atoms with E-state index in [1.807, 2.05) is 74.5 Å². The van der Waals surface area contributed by atoms with Crippen LogP contribution in [0.15, 0.2) is 84.9 Å². The first kappa shape index (κ1) is 22.2. The summed E-state index contributed by atoms with van der Waals surface area (Å²) in [6, 6.07) is 27.1. The molecule has 0 spiro atoms. The summed E-state index contributed by atoms with van der Waals surface area (Å²) in [5, 5.41) is 6.26. The second kappa shape index (κ2) is 11.1. The molecule has 3 aromatic carbocycles. The first-order valence-electron chi connectivity index (χ1n) is 10.6. The van der Waals surface area contributed by atoms with Gasteiger partial charge in [-0.1, -0.05) is 60.7 Å². The number of carbonyl (C=O) groups excluding carboxylic acids is 2. The Hall–Kier alpha value is -3.44. The minimum absolute atomic E-state index is 0.00175. The number of anilines is 1. The standard InChI is InChI=1S/C26H29N3O2/c1-3-29(4-2)26(31)22-15-17-23(18-16-22)28-24(30)19-27-25(20-11-7-5-8-12-20)21-13-9-6-10-14-21/h5-18,25,27H,3-4,19H2,1-2H3,(H,28,30). The highest BCUT2D eigenvalue weighted by Gasteiger charge is 2.15. The number of benzene rings is 3. The van der Waals surface area contributed by atoms with Crippen LogP contribution >= 0.6 is 0 Å². The number of hydrogen-bond acceptors (Lipinski definition) is 3. The Balaban J connectivity index is 1.62. The Morgan fingerprint density at radius 2 is 1.29 bits per heavy atom. The van der Waals surface area contributed by atoms with Crippen LogP contribution in [0.1, 0.15) is 41.4 Å². The largest absolute Gasteiger partial charge is 0.339 e. The minimum atomic E-state index is -0.139. The van der Waals surface area contributed by atoms with Crippen molar-refractivity contribution >= 4 is 17.5 Å². The van der Waals surface area contributed by atoms with Crippen molar-refractivity contribution in [3.8, 4) is 0 Å². The van der Waals surface area contributed by atoms with Crippen LogP contribution in [-0.4, -0.2) is 36.3 Å². The Kier molecular flexibility index (Phi) is 7.96. The van der Waals surface area contributed by atoms with Gasteiger partial charge < -0.3 is 10.2 Å². The van der Waals surface area contributed by atoms with Crippen LogP contribution in [0.5, 0.6) is 0 Å². The molecule has 0 saturated carbocycles. The lowest BCUT2D eigenvalue weighted by molar-refractivity contribution is -0.115. The van der Waals surface area contributed by atoms with Crippen molar-refractivity contribution in [3.05, 3.63) is 102 Å². The summed E-state index contributed by atoms with van der Waals surface area (Å²) in [7, 11) is 0. The van der Waals surface area contributed by atoms with Gasteiger partial charge >= 0.3 is 0 Å². The maximum absolute atomic E-state index is 12.6. The zero-order valence-electron chi connectivity index (χ0n) is 18.0. The van der Waals surface area contributed by atoms with E-state index in [1.54, 1.807) is 29.2 Å². The van der Waals surface area contributed by atoms with Gasteiger partial charge in [-0.3, -0.25) is 14.9 Å². The van der Waals surface area contributed by atoms with E-state index in [0.717, 1.165) is 11.1 Å². The lowest BCUT2D eigenvalue weighted by Gasteiger charge is -2.20. The number of nitrogens with one attached hydrogen (secondary N) is 2. The van der Waals surface area contributed by atoms with E-state index in [4.69, 9.17) is 0 Å². The van der Waals surface area contributed by atoms with Crippen LogP contribution in [0.25, 0.3) is 0 Å². The molecule has 0 unspecified atom stereocenters. The molecule has 5 nitrogen and oxygen atoms in total. The van der Waals surface area contributed by atoms with Crippen molar-refractivity contribution in [2.75, 3.05) is 25.0 Å². The molecule has 0 atom stereocenters. The molecule has 0 aromatic heterocycles. The smallest absolute Gasteiger partial charge is 0.253 e. The molecule has 0 radical (unpaired) electrons. The maximum atomic E-state index is 12.6. The van der Waals surface area contributed by atoms with Crippen molar-refractivity contribution in [3.63, 3.8) is 0 Å². The summed E-state index contributed by atoms with van der Waals surface area (Å²) >= 11 is 0. The Labute approximate surface area is 184 Å². The fourth-order valence-electron chi connectivity index (χ4n) is 3.51. The van der Waals surface area contributed by atoms with Gasteiger partial charge in [0.15, 0.2) is 0 Å². The van der Waals surface area contributed by atoms with E-state index < -0.39 is 0 Å². The third-order valence-electron chi connectivity index (χ3n) is 5.20. The molecular formula is C26H29N3O2. The van der Waals surface area contributed by atoms with E-state index in [1.165, 1.54) is 0 Å². The minimum Gasteiger partial charge on any atom is -0.339 e. The number of hydrogen-bond donors (Lipinski definition) is 2.